The van der Waals surface area contributed by atoms with Crippen LogP contribution in [-0.4, -0.2) is 30.0 Å². The molecule has 1 amide bonds. The largest absolute Gasteiger partial charge is 0.472 e. The lowest BCUT2D eigenvalue weighted by molar-refractivity contribution is -0.121. The van der Waals surface area contributed by atoms with Gasteiger partial charge in [0.15, 0.2) is 0 Å². The molecular weight excluding hydrogens is 333 g/mol. The van der Waals surface area contributed by atoms with Crippen LogP contribution in [0.5, 0.6) is 0 Å². The molecule has 1 fully saturated rings. The number of aromatic nitrogens is 1. The average Bonchev–Trinajstić information content (AvgIpc) is 3.09. The molecule has 1 saturated heterocycles. The van der Waals surface area contributed by atoms with Gasteiger partial charge in [-0.05, 0) is 19.0 Å². The highest BCUT2D eigenvalue weighted by Gasteiger charge is 2.17. The maximum Gasteiger partial charge on any atom is 0.226 e. The van der Waals surface area contributed by atoms with E-state index in [1.54, 1.807) is 12.5 Å². The van der Waals surface area contributed by atoms with Gasteiger partial charge in [-0.2, -0.15) is 0 Å². The van der Waals surface area contributed by atoms with Gasteiger partial charge in [-0.3, -0.25) is 4.79 Å². The van der Waals surface area contributed by atoms with Crippen LogP contribution in [0, 0.1) is 0 Å². The highest BCUT2D eigenvalue weighted by atomic mass is 35.5. The summed E-state index contributed by atoms with van der Waals surface area (Å²) in [5.74, 6) is 0.0396. The molecule has 3 rings (SSSR count). The normalized spacial score (nSPS) is 16.9. The van der Waals surface area contributed by atoms with Crippen molar-refractivity contribution >= 4 is 42.1 Å². The Balaban J connectivity index is 0.00000110. The first-order valence-corrected chi connectivity index (χ1v) is 7.16. The number of thiazole rings is 1. The van der Waals surface area contributed by atoms with Gasteiger partial charge < -0.3 is 15.1 Å². The molecule has 1 aliphatic heterocycles. The first-order valence-electron chi connectivity index (χ1n) is 6.28. The molecule has 0 radical (unpaired) electrons. The van der Waals surface area contributed by atoms with Gasteiger partial charge in [-0.25, -0.2) is 4.98 Å². The summed E-state index contributed by atoms with van der Waals surface area (Å²) in [5, 5.41) is 9.05. The fourth-order valence-corrected chi connectivity index (χ4v) is 2.93. The van der Waals surface area contributed by atoms with E-state index in [9.17, 15) is 4.79 Å². The van der Waals surface area contributed by atoms with Crippen LogP contribution in [0.15, 0.2) is 28.4 Å². The van der Waals surface area contributed by atoms with Gasteiger partial charge in [-0.1, -0.05) is 0 Å². The summed E-state index contributed by atoms with van der Waals surface area (Å²) in [6.07, 6.45) is 4.62. The molecule has 1 aliphatic rings. The van der Waals surface area contributed by atoms with Crippen molar-refractivity contribution in [3.8, 4) is 10.6 Å². The summed E-state index contributed by atoms with van der Waals surface area (Å²) in [7, 11) is 0. The topological polar surface area (TPSA) is 67.2 Å². The second-order valence-electron chi connectivity index (χ2n) is 4.59. The number of amides is 1. The van der Waals surface area contributed by atoms with E-state index in [1.165, 1.54) is 11.3 Å². The van der Waals surface area contributed by atoms with E-state index in [1.807, 2.05) is 11.4 Å². The molecule has 0 bridgehead atoms. The molecule has 0 aliphatic carbocycles. The quantitative estimate of drug-likeness (QED) is 0.888. The SMILES string of the molecule is Cl.Cl.O=C(Cc1csc(-c2ccoc2)n1)NC1CCNC1. The van der Waals surface area contributed by atoms with Crippen LogP contribution in [0.3, 0.4) is 0 Å². The van der Waals surface area contributed by atoms with E-state index in [4.69, 9.17) is 4.42 Å². The first-order chi connectivity index (χ1) is 9.31. The molecule has 2 aromatic rings. The first kappa shape index (κ1) is 18.0. The van der Waals surface area contributed by atoms with E-state index >= 15 is 0 Å². The summed E-state index contributed by atoms with van der Waals surface area (Å²) >= 11 is 1.53. The fraction of sp³-hybridized carbons (Fsp3) is 0.385. The van der Waals surface area contributed by atoms with Gasteiger partial charge in [0.2, 0.25) is 5.91 Å². The third-order valence-corrected chi connectivity index (χ3v) is 4.03. The Kier molecular flexibility index (Phi) is 7.17. The van der Waals surface area contributed by atoms with Crippen LogP contribution in [-0.2, 0) is 11.2 Å². The number of nitrogens with zero attached hydrogens (tertiary/aromatic N) is 1. The van der Waals surface area contributed by atoms with Gasteiger partial charge in [0.1, 0.15) is 11.3 Å². The van der Waals surface area contributed by atoms with Gasteiger partial charge in [-0.15, -0.1) is 36.2 Å². The fourth-order valence-electron chi connectivity index (χ4n) is 2.13. The number of carbonyl (C=O) groups excluding carboxylic acids is 1. The zero-order valence-electron chi connectivity index (χ0n) is 11.2. The highest BCUT2D eigenvalue weighted by molar-refractivity contribution is 7.13. The average molecular weight is 350 g/mol. The second kappa shape index (κ2) is 8.38. The van der Waals surface area contributed by atoms with Crippen LogP contribution >= 0.6 is 36.2 Å². The van der Waals surface area contributed by atoms with Gasteiger partial charge in [0.05, 0.1) is 18.4 Å². The van der Waals surface area contributed by atoms with Crippen LogP contribution in [0.1, 0.15) is 12.1 Å². The molecule has 2 N–H and O–H groups in total. The molecule has 8 heteroatoms. The molecule has 116 valence electrons. The summed E-state index contributed by atoms with van der Waals surface area (Å²) in [6, 6.07) is 2.13. The van der Waals surface area contributed by atoms with Crippen molar-refractivity contribution in [1.82, 2.24) is 15.6 Å². The lowest BCUT2D eigenvalue weighted by Gasteiger charge is -2.10. The summed E-state index contributed by atoms with van der Waals surface area (Å²) in [5.41, 5.74) is 1.77. The Bertz CT molecular complexity index is 554. The van der Waals surface area contributed by atoms with Crippen molar-refractivity contribution < 1.29 is 9.21 Å². The number of furan rings is 1. The Morgan fingerprint density at radius 2 is 2.38 bits per heavy atom. The molecular formula is C13H17Cl2N3O2S. The minimum atomic E-state index is 0. The summed E-state index contributed by atoms with van der Waals surface area (Å²) < 4.78 is 5.03. The number of hydrogen-bond donors (Lipinski definition) is 2. The third-order valence-electron chi connectivity index (χ3n) is 3.09. The van der Waals surface area contributed by atoms with Gasteiger partial charge in [0, 0.05) is 23.5 Å². The van der Waals surface area contributed by atoms with Crippen molar-refractivity contribution in [3.05, 3.63) is 29.7 Å². The number of rotatable bonds is 4. The van der Waals surface area contributed by atoms with E-state index in [-0.39, 0.29) is 36.8 Å². The Labute approximate surface area is 139 Å². The number of carbonyl (C=O) groups is 1. The molecule has 2 aromatic heterocycles. The van der Waals surface area contributed by atoms with Crippen molar-refractivity contribution in [2.75, 3.05) is 13.1 Å². The molecule has 21 heavy (non-hydrogen) atoms. The molecule has 0 aromatic carbocycles. The van der Waals surface area contributed by atoms with E-state index in [0.717, 1.165) is 35.8 Å². The monoisotopic (exact) mass is 349 g/mol. The van der Waals surface area contributed by atoms with Crippen molar-refractivity contribution in [2.24, 2.45) is 0 Å². The molecule has 3 heterocycles. The zero-order valence-corrected chi connectivity index (χ0v) is 13.7. The molecule has 1 atom stereocenters. The maximum atomic E-state index is 11.9. The Hall–Kier alpha value is -1.08. The number of hydrogen-bond acceptors (Lipinski definition) is 5. The number of halogens is 2. The highest BCUT2D eigenvalue weighted by Crippen LogP contribution is 2.24. The maximum absolute atomic E-state index is 11.9. The van der Waals surface area contributed by atoms with Crippen LogP contribution in [0.2, 0.25) is 0 Å². The van der Waals surface area contributed by atoms with Crippen molar-refractivity contribution in [1.29, 1.82) is 0 Å². The van der Waals surface area contributed by atoms with Crippen LogP contribution in [0.4, 0.5) is 0 Å². The third kappa shape index (κ3) is 4.71. The lowest BCUT2D eigenvalue weighted by Crippen LogP contribution is -2.37. The smallest absolute Gasteiger partial charge is 0.226 e. The van der Waals surface area contributed by atoms with Gasteiger partial charge in [0.25, 0.3) is 0 Å². The predicted molar refractivity (Wildman–Crippen MR) is 87.4 cm³/mol. The number of nitrogens with one attached hydrogen (secondary N) is 2. The van der Waals surface area contributed by atoms with Gasteiger partial charge >= 0.3 is 0 Å². The molecule has 0 spiro atoms. The van der Waals surface area contributed by atoms with Crippen molar-refractivity contribution in [2.45, 2.75) is 18.9 Å². The van der Waals surface area contributed by atoms with E-state index < -0.39 is 0 Å². The van der Waals surface area contributed by atoms with E-state index in [2.05, 4.69) is 15.6 Å². The molecule has 5 nitrogen and oxygen atoms in total. The minimum absolute atomic E-state index is 0. The Morgan fingerprint density at radius 3 is 3.05 bits per heavy atom. The Morgan fingerprint density at radius 1 is 1.52 bits per heavy atom. The van der Waals surface area contributed by atoms with Crippen LogP contribution < -0.4 is 10.6 Å². The second-order valence-corrected chi connectivity index (χ2v) is 5.45. The summed E-state index contributed by atoms with van der Waals surface area (Å²) in [6.45, 7) is 1.84. The standard InChI is InChI=1S/C13H15N3O2S.2ClH/c17-12(15-10-1-3-14-6-10)5-11-8-19-13(16-11)9-2-4-18-7-9;;/h2,4,7-8,10,14H,1,3,5-6H2,(H,15,17);2*1H. The predicted octanol–water partition coefficient (Wildman–Crippen LogP) is 2.27. The molecule has 1 unspecified atom stereocenters. The van der Waals surface area contributed by atoms with E-state index in [0.29, 0.717) is 6.42 Å². The van der Waals surface area contributed by atoms with Crippen molar-refractivity contribution in [3.63, 3.8) is 0 Å². The minimum Gasteiger partial charge on any atom is -0.472 e. The summed E-state index contributed by atoms with van der Waals surface area (Å²) in [4.78, 5) is 16.3. The molecule has 0 saturated carbocycles. The lowest BCUT2D eigenvalue weighted by atomic mass is 10.2. The van der Waals surface area contributed by atoms with Crippen LogP contribution in [0.25, 0.3) is 10.6 Å². The zero-order chi connectivity index (χ0) is 13.1.